The van der Waals surface area contributed by atoms with Gasteiger partial charge in [0.25, 0.3) is 0 Å². The van der Waals surface area contributed by atoms with Crippen molar-refractivity contribution in [3.8, 4) is 0 Å². The van der Waals surface area contributed by atoms with Crippen molar-refractivity contribution < 1.29 is 34.0 Å². The molecule has 0 heterocycles. The summed E-state index contributed by atoms with van der Waals surface area (Å²) in [5.74, 6) is -2.18. The first-order valence-electron chi connectivity index (χ1n) is 5.86. The Bertz CT molecular complexity index is 268. The third-order valence-electron chi connectivity index (χ3n) is 2.46. The summed E-state index contributed by atoms with van der Waals surface area (Å²) in [6, 6.07) is 0. The van der Waals surface area contributed by atoms with Gasteiger partial charge in [-0.2, -0.15) is 0 Å². The number of methoxy groups -OCH3 is 2. The number of rotatable bonds is 11. The van der Waals surface area contributed by atoms with Gasteiger partial charge in [0.2, 0.25) is 0 Å². The zero-order valence-corrected chi connectivity index (χ0v) is 11.5. The average molecular weight is 278 g/mol. The predicted molar refractivity (Wildman–Crippen MR) is 66.1 cm³/mol. The van der Waals surface area contributed by atoms with E-state index in [0.717, 1.165) is 0 Å². The van der Waals surface area contributed by atoms with E-state index in [4.69, 9.17) is 24.4 Å². The summed E-state index contributed by atoms with van der Waals surface area (Å²) < 4.78 is 15.5. The molecule has 0 saturated carbocycles. The number of hydrogen-bond donors (Lipinski definition) is 2. The first-order chi connectivity index (χ1) is 8.83. The minimum atomic E-state index is -1.09. The van der Waals surface area contributed by atoms with Crippen molar-refractivity contribution in [2.24, 2.45) is 5.41 Å². The lowest BCUT2D eigenvalue weighted by Gasteiger charge is -2.29. The van der Waals surface area contributed by atoms with Crippen molar-refractivity contribution in [3.05, 3.63) is 0 Å². The van der Waals surface area contributed by atoms with Gasteiger partial charge in [0.05, 0.1) is 38.8 Å². The van der Waals surface area contributed by atoms with Crippen LogP contribution in [-0.2, 0) is 23.8 Å². The molecule has 0 spiro atoms. The van der Waals surface area contributed by atoms with E-state index >= 15 is 0 Å². The Balaban J connectivity index is 4.47. The smallest absolute Gasteiger partial charge is 0.305 e. The molecule has 2 N–H and O–H groups in total. The molecule has 0 bridgehead atoms. The van der Waals surface area contributed by atoms with Gasteiger partial charge in [-0.1, -0.05) is 6.92 Å². The van der Waals surface area contributed by atoms with Crippen molar-refractivity contribution in [2.45, 2.75) is 25.9 Å². The van der Waals surface area contributed by atoms with Crippen LogP contribution < -0.4 is 0 Å². The average Bonchev–Trinajstić information content (AvgIpc) is 2.25. The van der Waals surface area contributed by atoms with Gasteiger partial charge in [-0.15, -0.1) is 0 Å². The molecule has 0 radical (unpaired) electrons. The van der Waals surface area contributed by atoms with Crippen LogP contribution in [0, 0.1) is 5.41 Å². The van der Waals surface area contributed by atoms with Crippen molar-refractivity contribution >= 4 is 11.9 Å². The van der Waals surface area contributed by atoms with Crippen LogP contribution in [0.15, 0.2) is 0 Å². The van der Waals surface area contributed by atoms with Gasteiger partial charge in [-0.05, 0) is 0 Å². The van der Waals surface area contributed by atoms with Gasteiger partial charge in [0.15, 0.2) is 0 Å². The molecule has 0 unspecified atom stereocenters. The summed E-state index contributed by atoms with van der Waals surface area (Å²) in [5, 5.41) is 17.4. The highest BCUT2D eigenvalue weighted by Gasteiger charge is 2.28. The quantitative estimate of drug-likeness (QED) is 0.571. The Morgan fingerprint density at radius 3 is 1.74 bits per heavy atom. The van der Waals surface area contributed by atoms with Crippen LogP contribution in [0.4, 0.5) is 0 Å². The molecule has 0 aromatic heterocycles. The molecular formula is C12H22O7. The predicted octanol–water partition coefficient (Wildman–Crippen LogP) is 0.620. The molecule has 0 aromatic carbocycles. The zero-order chi connectivity index (χ0) is 14.9. The van der Waals surface area contributed by atoms with Gasteiger partial charge in [-0.3, -0.25) is 9.59 Å². The van der Waals surface area contributed by atoms with Gasteiger partial charge < -0.3 is 24.4 Å². The highest BCUT2D eigenvalue weighted by molar-refractivity contribution is 5.71. The van der Waals surface area contributed by atoms with Crippen molar-refractivity contribution in [1.82, 2.24) is 0 Å². The molecule has 0 aliphatic rings. The second-order valence-electron chi connectivity index (χ2n) is 4.81. The molecule has 0 aliphatic heterocycles. The van der Waals surface area contributed by atoms with Crippen molar-refractivity contribution in [3.63, 3.8) is 0 Å². The SMILES string of the molecule is COCC(C)(COC)COC(CC(=O)O)CC(=O)O. The Hall–Kier alpha value is -1.18. The fourth-order valence-electron chi connectivity index (χ4n) is 1.72. The lowest BCUT2D eigenvalue weighted by molar-refractivity contribution is -0.147. The first kappa shape index (κ1) is 17.8. The molecule has 0 fully saturated rings. The summed E-state index contributed by atoms with van der Waals surface area (Å²) in [6.07, 6.45) is -1.55. The van der Waals surface area contributed by atoms with Crippen LogP contribution in [-0.4, -0.2) is 62.3 Å². The lowest BCUT2D eigenvalue weighted by atomic mass is 9.94. The minimum Gasteiger partial charge on any atom is -0.481 e. The largest absolute Gasteiger partial charge is 0.481 e. The second-order valence-corrected chi connectivity index (χ2v) is 4.81. The van der Waals surface area contributed by atoms with Crippen LogP contribution in [0.1, 0.15) is 19.8 Å². The molecule has 7 nitrogen and oxygen atoms in total. The molecule has 19 heavy (non-hydrogen) atoms. The Kier molecular flexibility index (Phi) is 8.29. The van der Waals surface area contributed by atoms with E-state index in [9.17, 15) is 9.59 Å². The molecular weight excluding hydrogens is 256 g/mol. The van der Waals surface area contributed by atoms with Crippen LogP contribution in [0.25, 0.3) is 0 Å². The van der Waals surface area contributed by atoms with Gasteiger partial charge in [0, 0.05) is 19.6 Å². The van der Waals surface area contributed by atoms with Crippen molar-refractivity contribution in [1.29, 1.82) is 0 Å². The first-order valence-corrected chi connectivity index (χ1v) is 5.86. The maximum atomic E-state index is 10.6. The molecule has 0 rings (SSSR count). The summed E-state index contributed by atoms with van der Waals surface area (Å²) in [5.41, 5.74) is -0.446. The maximum absolute atomic E-state index is 10.6. The molecule has 0 aromatic rings. The molecule has 112 valence electrons. The van der Waals surface area contributed by atoms with E-state index in [1.54, 1.807) is 14.2 Å². The van der Waals surface area contributed by atoms with E-state index in [1.165, 1.54) is 0 Å². The highest BCUT2D eigenvalue weighted by atomic mass is 16.5. The second kappa shape index (κ2) is 8.84. The highest BCUT2D eigenvalue weighted by Crippen LogP contribution is 2.20. The van der Waals surface area contributed by atoms with E-state index in [1.807, 2.05) is 6.92 Å². The topological polar surface area (TPSA) is 102 Å². The molecule has 0 aliphatic carbocycles. The number of carboxylic acids is 2. The maximum Gasteiger partial charge on any atom is 0.305 e. The lowest BCUT2D eigenvalue weighted by Crippen LogP contribution is -2.36. The Morgan fingerprint density at radius 2 is 1.42 bits per heavy atom. The van der Waals surface area contributed by atoms with E-state index in [-0.39, 0.29) is 19.4 Å². The van der Waals surface area contributed by atoms with Gasteiger partial charge in [0.1, 0.15) is 0 Å². The summed E-state index contributed by atoms with van der Waals surface area (Å²) in [6.45, 7) is 2.76. The Morgan fingerprint density at radius 1 is 1.00 bits per heavy atom. The van der Waals surface area contributed by atoms with E-state index in [0.29, 0.717) is 13.2 Å². The van der Waals surface area contributed by atoms with Crippen LogP contribution in [0.5, 0.6) is 0 Å². The van der Waals surface area contributed by atoms with Gasteiger partial charge in [-0.25, -0.2) is 0 Å². The summed E-state index contributed by atoms with van der Waals surface area (Å²) in [4.78, 5) is 21.3. The van der Waals surface area contributed by atoms with Crippen molar-refractivity contribution in [2.75, 3.05) is 34.0 Å². The molecule has 0 amide bonds. The molecule has 7 heteroatoms. The minimum absolute atomic E-state index is 0.167. The fraction of sp³-hybridized carbons (Fsp3) is 0.833. The molecule has 0 atom stereocenters. The van der Waals surface area contributed by atoms with Crippen LogP contribution in [0.3, 0.4) is 0 Å². The number of ether oxygens (including phenoxy) is 3. The number of aliphatic carboxylic acids is 2. The number of carbonyl (C=O) groups is 2. The number of hydrogen-bond acceptors (Lipinski definition) is 5. The van der Waals surface area contributed by atoms with Crippen LogP contribution >= 0.6 is 0 Å². The standard InChI is InChI=1S/C12H22O7/c1-12(6-17-2,7-18-3)8-19-9(4-10(13)14)5-11(15)16/h9H,4-8H2,1-3H3,(H,13,14)(H,15,16). The third-order valence-corrected chi connectivity index (χ3v) is 2.46. The Labute approximate surface area is 112 Å². The number of carboxylic acid groups (broad SMARTS) is 2. The zero-order valence-electron chi connectivity index (χ0n) is 11.5. The van der Waals surface area contributed by atoms with E-state index < -0.39 is 23.5 Å². The monoisotopic (exact) mass is 278 g/mol. The third kappa shape index (κ3) is 8.52. The fourth-order valence-corrected chi connectivity index (χ4v) is 1.72. The van der Waals surface area contributed by atoms with E-state index in [2.05, 4.69) is 0 Å². The summed E-state index contributed by atoms with van der Waals surface area (Å²) >= 11 is 0. The normalized spacial score (nSPS) is 11.8. The van der Waals surface area contributed by atoms with Gasteiger partial charge >= 0.3 is 11.9 Å². The summed E-state index contributed by atoms with van der Waals surface area (Å²) in [7, 11) is 3.08. The molecule has 0 saturated heterocycles. The van der Waals surface area contributed by atoms with Crippen LogP contribution in [0.2, 0.25) is 0 Å².